The topological polar surface area (TPSA) is 97.3 Å². The van der Waals surface area contributed by atoms with E-state index in [1.807, 2.05) is 6.92 Å². The number of rotatable bonds is 16. The Bertz CT molecular complexity index is 892. The third-order valence-electron chi connectivity index (χ3n) is 5.12. The molecule has 2 aromatic rings. The number of hydrogen-bond acceptors (Lipinski definition) is 5. The van der Waals surface area contributed by atoms with Crippen LogP contribution in [0.3, 0.4) is 0 Å². The van der Waals surface area contributed by atoms with Crippen LogP contribution >= 0.6 is 0 Å². The summed E-state index contributed by atoms with van der Waals surface area (Å²) in [5, 5.41) is 12.1. The van der Waals surface area contributed by atoms with Crippen molar-refractivity contribution in [1.82, 2.24) is 10.2 Å². The van der Waals surface area contributed by atoms with E-state index in [-0.39, 0.29) is 24.9 Å². The molecule has 0 saturated heterocycles. The minimum absolute atomic E-state index is 0.188. The lowest BCUT2D eigenvalue weighted by atomic mass is 10.1. The molecule has 2 rings (SSSR count). The molecule has 0 saturated carbocycles. The van der Waals surface area contributed by atoms with E-state index in [1.165, 1.54) is 12.1 Å². The van der Waals surface area contributed by atoms with E-state index in [2.05, 4.69) is 5.32 Å². The zero-order valence-corrected chi connectivity index (χ0v) is 20.4. The molecule has 0 aliphatic carbocycles. The zero-order valence-electron chi connectivity index (χ0n) is 20.4. The average molecular weight is 491 g/mol. The van der Waals surface area contributed by atoms with Gasteiger partial charge in [0.15, 0.2) is 6.10 Å². The average Bonchev–Trinajstić information content (AvgIpc) is 2.85. The number of amides is 2. The fourth-order valence-corrected chi connectivity index (χ4v) is 3.23. The Kier molecular flexibility index (Phi) is 12.6. The predicted octanol–water partition coefficient (Wildman–Crippen LogP) is 3.88. The Labute approximate surface area is 206 Å². The summed E-state index contributed by atoms with van der Waals surface area (Å²) in [7, 11) is 0. The minimum Gasteiger partial charge on any atom is -0.492 e. The third-order valence-corrected chi connectivity index (χ3v) is 5.12. The second kappa shape index (κ2) is 15.7. The molecule has 2 N–H and O–H groups in total. The van der Waals surface area contributed by atoms with Gasteiger partial charge in [0, 0.05) is 26.1 Å². The predicted molar refractivity (Wildman–Crippen MR) is 130 cm³/mol. The van der Waals surface area contributed by atoms with Crippen LogP contribution in [-0.2, 0) is 27.3 Å². The maximum Gasteiger partial charge on any atom is 0.333 e. The summed E-state index contributed by atoms with van der Waals surface area (Å²) in [6, 6.07) is 13.1. The van der Waals surface area contributed by atoms with Gasteiger partial charge in [0.05, 0.1) is 19.8 Å². The molecule has 0 aliphatic heterocycles. The Hall–Kier alpha value is -3.17. The van der Waals surface area contributed by atoms with Crippen molar-refractivity contribution in [3.8, 4) is 5.75 Å². The first-order valence-electron chi connectivity index (χ1n) is 11.8. The van der Waals surface area contributed by atoms with E-state index in [9.17, 15) is 19.1 Å². The molecular weight excluding hydrogens is 455 g/mol. The highest BCUT2D eigenvalue weighted by Gasteiger charge is 2.18. The van der Waals surface area contributed by atoms with Crippen molar-refractivity contribution >= 4 is 12.0 Å². The number of halogens is 1. The molecule has 0 heterocycles. The van der Waals surface area contributed by atoms with Crippen molar-refractivity contribution < 1.29 is 33.3 Å². The van der Waals surface area contributed by atoms with Crippen LogP contribution in [0.4, 0.5) is 9.18 Å². The fraction of sp³-hybridized carbons (Fsp3) is 0.462. The van der Waals surface area contributed by atoms with E-state index in [0.717, 1.165) is 17.5 Å². The standard InChI is InChI=1S/C26H35FN2O6/c1-3-13-28-26(32)29(14-16-33-19-21-5-9-22(27)10-6-21)15-17-35-23-11-7-20(8-12-23)18-24(25(30)31)34-4-2/h5-12,24H,3-4,13-19H2,1-2H3,(H,28,32)(H,30,31). The van der Waals surface area contributed by atoms with Gasteiger partial charge in [0.1, 0.15) is 18.2 Å². The summed E-state index contributed by atoms with van der Waals surface area (Å²) in [6.45, 7) is 6.34. The number of urea groups is 1. The number of hydrogen-bond donors (Lipinski definition) is 2. The van der Waals surface area contributed by atoms with E-state index in [1.54, 1.807) is 48.2 Å². The summed E-state index contributed by atoms with van der Waals surface area (Å²) in [5.41, 5.74) is 1.69. The molecular formula is C26H35FN2O6. The lowest BCUT2D eigenvalue weighted by molar-refractivity contribution is -0.149. The summed E-state index contributed by atoms with van der Waals surface area (Å²) in [6.07, 6.45) is 0.217. The van der Waals surface area contributed by atoms with Crippen LogP contribution in [-0.4, -0.2) is 67.6 Å². The summed E-state index contributed by atoms with van der Waals surface area (Å²) in [5.74, 6) is -0.661. The molecule has 8 nitrogen and oxygen atoms in total. The smallest absolute Gasteiger partial charge is 0.333 e. The highest BCUT2D eigenvalue weighted by atomic mass is 19.1. The first-order chi connectivity index (χ1) is 16.9. The van der Waals surface area contributed by atoms with E-state index < -0.39 is 12.1 Å². The number of carbonyl (C=O) groups excluding carboxylic acids is 1. The van der Waals surface area contributed by atoms with Crippen molar-refractivity contribution in [1.29, 1.82) is 0 Å². The number of aliphatic carboxylic acids is 1. The van der Waals surface area contributed by atoms with Crippen LogP contribution in [0.15, 0.2) is 48.5 Å². The number of carbonyl (C=O) groups is 2. The molecule has 0 spiro atoms. The van der Waals surface area contributed by atoms with Gasteiger partial charge in [0.25, 0.3) is 0 Å². The molecule has 1 atom stereocenters. The van der Waals surface area contributed by atoms with Crippen LogP contribution in [0.1, 0.15) is 31.4 Å². The molecule has 0 fully saturated rings. The molecule has 35 heavy (non-hydrogen) atoms. The highest BCUT2D eigenvalue weighted by Crippen LogP contribution is 2.15. The van der Waals surface area contributed by atoms with E-state index >= 15 is 0 Å². The minimum atomic E-state index is -0.990. The summed E-state index contributed by atoms with van der Waals surface area (Å²) >= 11 is 0. The second-order valence-corrected chi connectivity index (χ2v) is 7.88. The molecule has 2 aromatic carbocycles. The summed E-state index contributed by atoms with van der Waals surface area (Å²) in [4.78, 5) is 25.4. The van der Waals surface area contributed by atoms with Crippen molar-refractivity contribution in [2.45, 2.75) is 39.4 Å². The van der Waals surface area contributed by atoms with Gasteiger partial charge in [-0.2, -0.15) is 0 Å². The Balaban J connectivity index is 1.81. The Morgan fingerprint density at radius 2 is 1.66 bits per heavy atom. The van der Waals surface area contributed by atoms with Crippen molar-refractivity contribution in [3.63, 3.8) is 0 Å². The molecule has 0 aromatic heterocycles. The molecule has 1 unspecified atom stereocenters. The van der Waals surface area contributed by atoms with Gasteiger partial charge in [-0.05, 0) is 48.7 Å². The maximum absolute atomic E-state index is 13.0. The van der Waals surface area contributed by atoms with Crippen molar-refractivity contribution in [2.75, 3.05) is 39.5 Å². The van der Waals surface area contributed by atoms with E-state index in [0.29, 0.717) is 45.2 Å². The van der Waals surface area contributed by atoms with Crippen LogP contribution < -0.4 is 10.1 Å². The number of nitrogens with one attached hydrogen (secondary N) is 1. The van der Waals surface area contributed by atoms with E-state index in [4.69, 9.17) is 14.2 Å². The van der Waals surface area contributed by atoms with Crippen LogP contribution in [0, 0.1) is 5.82 Å². The largest absolute Gasteiger partial charge is 0.492 e. The fourth-order valence-electron chi connectivity index (χ4n) is 3.23. The maximum atomic E-state index is 13.0. The molecule has 0 aliphatic rings. The Morgan fingerprint density at radius 1 is 1.00 bits per heavy atom. The van der Waals surface area contributed by atoms with Crippen LogP contribution in [0.2, 0.25) is 0 Å². The first kappa shape index (κ1) is 28.1. The van der Waals surface area contributed by atoms with Crippen molar-refractivity contribution in [2.24, 2.45) is 0 Å². The van der Waals surface area contributed by atoms with Crippen LogP contribution in [0.25, 0.3) is 0 Å². The molecule has 0 bridgehead atoms. The number of nitrogens with zero attached hydrogens (tertiary/aromatic N) is 1. The van der Waals surface area contributed by atoms with Gasteiger partial charge in [-0.1, -0.05) is 31.2 Å². The molecule has 0 radical (unpaired) electrons. The highest BCUT2D eigenvalue weighted by molar-refractivity contribution is 5.74. The van der Waals surface area contributed by atoms with Gasteiger partial charge in [-0.3, -0.25) is 0 Å². The summed E-state index contributed by atoms with van der Waals surface area (Å²) < 4.78 is 29.7. The third kappa shape index (κ3) is 10.7. The molecule has 9 heteroatoms. The second-order valence-electron chi connectivity index (χ2n) is 7.88. The number of ether oxygens (including phenoxy) is 3. The quantitative estimate of drug-likeness (QED) is 0.347. The van der Waals surface area contributed by atoms with Crippen LogP contribution in [0.5, 0.6) is 5.75 Å². The monoisotopic (exact) mass is 490 g/mol. The zero-order chi connectivity index (χ0) is 25.5. The van der Waals surface area contributed by atoms with Gasteiger partial charge in [-0.15, -0.1) is 0 Å². The number of benzene rings is 2. The molecule has 192 valence electrons. The normalized spacial score (nSPS) is 11.6. The SMILES string of the molecule is CCCNC(=O)N(CCOCc1ccc(F)cc1)CCOc1ccc(CC(OCC)C(=O)O)cc1. The number of carboxylic acid groups (broad SMARTS) is 1. The van der Waals surface area contributed by atoms with Gasteiger partial charge < -0.3 is 29.5 Å². The Morgan fingerprint density at radius 3 is 2.29 bits per heavy atom. The van der Waals surface area contributed by atoms with Gasteiger partial charge in [-0.25, -0.2) is 14.0 Å². The first-order valence-corrected chi connectivity index (χ1v) is 11.8. The lowest BCUT2D eigenvalue weighted by Gasteiger charge is -2.23. The van der Waals surface area contributed by atoms with Gasteiger partial charge in [0.2, 0.25) is 0 Å². The number of carboxylic acids is 1. The van der Waals surface area contributed by atoms with Gasteiger partial charge >= 0.3 is 12.0 Å². The lowest BCUT2D eigenvalue weighted by Crippen LogP contribution is -2.44. The molecule has 2 amide bonds. The van der Waals surface area contributed by atoms with Crippen molar-refractivity contribution in [3.05, 3.63) is 65.5 Å².